The molecule has 25 heavy (non-hydrogen) atoms. The predicted molar refractivity (Wildman–Crippen MR) is 97.8 cm³/mol. The summed E-state index contributed by atoms with van der Waals surface area (Å²) in [4.78, 5) is 36.5. The van der Waals surface area contributed by atoms with Crippen LogP contribution in [0, 0.1) is 0 Å². The summed E-state index contributed by atoms with van der Waals surface area (Å²) in [5.41, 5.74) is 0.0424. The highest BCUT2D eigenvalue weighted by atomic mass is 35.5. The molecule has 5 nitrogen and oxygen atoms in total. The number of esters is 1. The van der Waals surface area contributed by atoms with E-state index >= 15 is 0 Å². The summed E-state index contributed by atoms with van der Waals surface area (Å²) in [6.45, 7) is 1.55. The second-order valence-corrected chi connectivity index (χ2v) is 7.08. The molecule has 0 aliphatic heterocycles. The molecule has 0 radical (unpaired) electrons. The van der Waals surface area contributed by atoms with Gasteiger partial charge in [0.1, 0.15) is 0 Å². The fourth-order valence-corrected chi connectivity index (χ4v) is 3.47. The minimum atomic E-state index is -0.744. The lowest BCUT2D eigenvalue weighted by Gasteiger charge is -2.06. The van der Waals surface area contributed by atoms with Crippen molar-refractivity contribution < 1.29 is 19.1 Å². The Morgan fingerprint density at radius 2 is 1.80 bits per heavy atom. The van der Waals surface area contributed by atoms with E-state index in [0.29, 0.717) is 17.8 Å². The van der Waals surface area contributed by atoms with Gasteiger partial charge in [0.2, 0.25) is 11.7 Å². The van der Waals surface area contributed by atoms with E-state index in [1.165, 1.54) is 30.4 Å². The van der Waals surface area contributed by atoms with Gasteiger partial charge in [0.25, 0.3) is 0 Å². The lowest BCUT2D eigenvalue weighted by Crippen LogP contribution is -2.22. The van der Waals surface area contributed by atoms with E-state index in [1.54, 1.807) is 12.1 Å². The zero-order chi connectivity index (χ0) is 18.4. The maximum Gasteiger partial charge on any atom is 0.341 e. The molecule has 1 aromatic carbocycles. The van der Waals surface area contributed by atoms with Crippen LogP contribution in [0.4, 0.5) is 0 Å². The molecule has 1 aromatic heterocycles. The van der Waals surface area contributed by atoms with Crippen LogP contribution in [0.3, 0.4) is 0 Å². The Morgan fingerprint density at radius 3 is 2.44 bits per heavy atom. The highest BCUT2D eigenvalue weighted by Crippen LogP contribution is 2.25. The molecule has 0 saturated carbocycles. The molecule has 132 valence electrons. The van der Waals surface area contributed by atoms with Gasteiger partial charge in [0.15, 0.2) is 6.61 Å². The Balaban J connectivity index is 1.91. The number of Topliss-reactive ketones (excluding diaryl/α,β-unsaturated/α-hetero) is 1. The van der Waals surface area contributed by atoms with Crippen molar-refractivity contribution in [2.75, 3.05) is 13.2 Å². The Kier molecular flexibility index (Phi) is 6.99. The fraction of sp³-hybridized carbons (Fsp3) is 0.235. The number of hydrogen-bond donors (Lipinski definition) is 1. The summed E-state index contributed by atoms with van der Waals surface area (Å²) in [6.07, 6.45) is 0.631. The number of amides is 1. The van der Waals surface area contributed by atoms with E-state index in [4.69, 9.17) is 27.9 Å². The first-order valence-corrected chi connectivity index (χ1v) is 8.93. The van der Waals surface area contributed by atoms with E-state index in [1.807, 2.05) is 6.07 Å². The number of ether oxygens (including phenoxy) is 1. The molecule has 1 amide bonds. The van der Waals surface area contributed by atoms with Crippen LogP contribution in [-0.2, 0) is 16.0 Å². The number of hydrogen-bond acceptors (Lipinski definition) is 5. The zero-order valence-corrected chi connectivity index (χ0v) is 15.6. The van der Waals surface area contributed by atoms with Crippen molar-refractivity contribution in [1.82, 2.24) is 5.32 Å². The first-order valence-electron chi connectivity index (χ1n) is 7.36. The van der Waals surface area contributed by atoms with Gasteiger partial charge in [-0.15, -0.1) is 11.3 Å². The topological polar surface area (TPSA) is 72.5 Å². The van der Waals surface area contributed by atoms with E-state index in [-0.39, 0.29) is 27.3 Å². The van der Waals surface area contributed by atoms with Crippen molar-refractivity contribution in [3.8, 4) is 0 Å². The average molecular weight is 400 g/mol. The quantitative estimate of drug-likeness (QED) is 0.567. The first-order chi connectivity index (χ1) is 11.9. The molecule has 0 unspecified atom stereocenters. The molecule has 0 fully saturated rings. The van der Waals surface area contributed by atoms with Crippen LogP contribution < -0.4 is 5.32 Å². The van der Waals surface area contributed by atoms with Crippen molar-refractivity contribution in [2.24, 2.45) is 0 Å². The molecule has 0 saturated heterocycles. The second kappa shape index (κ2) is 8.99. The Hall–Kier alpha value is -1.89. The van der Waals surface area contributed by atoms with Gasteiger partial charge < -0.3 is 10.1 Å². The molecule has 8 heteroatoms. The highest BCUT2D eigenvalue weighted by Gasteiger charge is 2.18. The number of thiophene rings is 1. The van der Waals surface area contributed by atoms with Crippen LogP contribution in [0.15, 0.2) is 30.3 Å². The van der Waals surface area contributed by atoms with E-state index in [9.17, 15) is 14.4 Å². The molecule has 0 aliphatic rings. The predicted octanol–water partition coefficient (Wildman–Crippen LogP) is 3.77. The number of rotatable bonds is 7. The van der Waals surface area contributed by atoms with Crippen LogP contribution in [0.1, 0.15) is 31.8 Å². The van der Waals surface area contributed by atoms with Crippen LogP contribution in [-0.4, -0.2) is 30.8 Å². The number of ketones is 1. The van der Waals surface area contributed by atoms with Crippen LogP contribution in [0.2, 0.25) is 10.0 Å². The third-order valence-corrected chi connectivity index (χ3v) is 5.00. The summed E-state index contributed by atoms with van der Waals surface area (Å²) in [7, 11) is 0. The Morgan fingerprint density at radius 1 is 1.12 bits per heavy atom. The standard InChI is InChI=1S/C17H15Cl2NO4S/c1-10(21)20-8-7-11-5-6-15(25-11)14(22)9-24-17(23)16-12(18)3-2-4-13(16)19/h2-6H,7-9H2,1H3,(H,20,21). The van der Waals surface area contributed by atoms with Crippen molar-refractivity contribution in [1.29, 1.82) is 0 Å². The van der Waals surface area contributed by atoms with Gasteiger partial charge in [-0.25, -0.2) is 4.79 Å². The zero-order valence-electron chi connectivity index (χ0n) is 13.3. The maximum absolute atomic E-state index is 12.1. The van der Waals surface area contributed by atoms with Gasteiger partial charge in [-0.2, -0.15) is 0 Å². The largest absolute Gasteiger partial charge is 0.454 e. The lowest BCUT2D eigenvalue weighted by molar-refractivity contribution is -0.118. The van der Waals surface area contributed by atoms with Crippen molar-refractivity contribution >= 4 is 52.2 Å². The lowest BCUT2D eigenvalue weighted by atomic mass is 10.2. The first kappa shape index (κ1) is 19.4. The van der Waals surface area contributed by atoms with Gasteiger partial charge in [0.05, 0.1) is 20.5 Å². The molecular formula is C17H15Cl2NO4S. The van der Waals surface area contributed by atoms with E-state index < -0.39 is 12.6 Å². The summed E-state index contributed by atoms with van der Waals surface area (Å²) >= 11 is 13.2. The maximum atomic E-state index is 12.1. The average Bonchev–Trinajstić information content (AvgIpc) is 3.01. The molecule has 0 aliphatic carbocycles. The molecular weight excluding hydrogens is 385 g/mol. The van der Waals surface area contributed by atoms with E-state index in [0.717, 1.165) is 4.88 Å². The molecule has 0 spiro atoms. The van der Waals surface area contributed by atoms with Gasteiger partial charge in [-0.1, -0.05) is 29.3 Å². The molecule has 0 atom stereocenters. The van der Waals surface area contributed by atoms with Crippen molar-refractivity contribution in [2.45, 2.75) is 13.3 Å². The van der Waals surface area contributed by atoms with E-state index in [2.05, 4.69) is 5.32 Å². The van der Waals surface area contributed by atoms with Gasteiger partial charge in [0, 0.05) is 18.3 Å². The third kappa shape index (κ3) is 5.56. The van der Waals surface area contributed by atoms with Crippen LogP contribution in [0.5, 0.6) is 0 Å². The molecule has 1 heterocycles. The number of benzene rings is 1. The fourth-order valence-electron chi connectivity index (χ4n) is 1.99. The van der Waals surface area contributed by atoms with Crippen molar-refractivity contribution in [3.05, 3.63) is 55.7 Å². The summed E-state index contributed by atoms with van der Waals surface area (Å²) in [5.74, 6) is -1.16. The normalized spacial score (nSPS) is 10.4. The third-order valence-electron chi connectivity index (χ3n) is 3.18. The van der Waals surface area contributed by atoms with Crippen molar-refractivity contribution in [3.63, 3.8) is 0 Å². The summed E-state index contributed by atoms with van der Waals surface area (Å²) in [5, 5.41) is 3.03. The number of carbonyl (C=O) groups is 3. The molecule has 1 N–H and O–H groups in total. The Labute approximate surface area is 158 Å². The minimum Gasteiger partial charge on any atom is -0.454 e. The smallest absolute Gasteiger partial charge is 0.341 e. The van der Waals surface area contributed by atoms with Crippen LogP contribution in [0.25, 0.3) is 0 Å². The molecule has 0 bridgehead atoms. The number of carbonyl (C=O) groups excluding carboxylic acids is 3. The van der Waals surface area contributed by atoms with Gasteiger partial charge in [-0.3, -0.25) is 9.59 Å². The summed E-state index contributed by atoms with van der Waals surface area (Å²) < 4.78 is 5.02. The SMILES string of the molecule is CC(=O)NCCc1ccc(C(=O)COC(=O)c2c(Cl)cccc2Cl)s1. The van der Waals surface area contributed by atoms with Gasteiger partial charge in [-0.05, 0) is 30.7 Å². The number of halogens is 2. The highest BCUT2D eigenvalue weighted by molar-refractivity contribution is 7.14. The number of nitrogens with one attached hydrogen (secondary N) is 1. The minimum absolute atomic E-state index is 0.0424. The summed E-state index contributed by atoms with van der Waals surface area (Å²) in [6, 6.07) is 8.14. The molecule has 2 rings (SSSR count). The van der Waals surface area contributed by atoms with Gasteiger partial charge >= 0.3 is 5.97 Å². The molecule has 2 aromatic rings. The monoisotopic (exact) mass is 399 g/mol. The Bertz CT molecular complexity index is 783. The van der Waals surface area contributed by atoms with Crippen LogP contribution >= 0.6 is 34.5 Å². The second-order valence-electron chi connectivity index (χ2n) is 5.09.